The molecule has 0 atom stereocenters. The Balaban J connectivity index is 2.15. The quantitative estimate of drug-likeness (QED) is 0.726. The van der Waals surface area contributed by atoms with Gasteiger partial charge in [-0.3, -0.25) is 0 Å². The van der Waals surface area contributed by atoms with Gasteiger partial charge in [-0.1, -0.05) is 17.7 Å². The topological polar surface area (TPSA) is 30.5 Å². The zero-order valence-corrected chi connectivity index (χ0v) is 11.2. The molecular formula is C13H20ClNO2. The summed E-state index contributed by atoms with van der Waals surface area (Å²) in [6.45, 7) is 4.95. The van der Waals surface area contributed by atoms with Gasteiger partial charge in [0.25, 0.3) is 0 Å². The Bertz CT molecular complexity index is 331. The largest absolute Gasteiger partial charge is 0.384 e. The lowest BCUT2D eigenvalue weighted by Gasteiger charge is -2.09. The summed E-state index contributed by atoms with van der Waals surface area (Å²) < 4.78 is 10.3. The average molecular weight is 258 g/mol. The highest BCUT2D eigenvalue weighted by Crippen LogP contribution is 2.22. The van der Waals surface area contributed by atoms with Crippen LogP contribution in [0.25, 0.3) is 0 Å². The average Bonchev–Trinajstić information content (AvgIpc) is 2.32. The highest BCUT2D eigenvalue weighted by molar-refractivity contribution is 6.33. The molecule has 0 heterocycles. The van der Waals surface area contributed by atoms with Crippen molar-refractivity contribution in [1.29, 1.82) is 0 Å². The molecule has 0 aromatic heterocycles. The van der Waals surface area contributed by atoms with Gasteiger partial charge in [-0.15, -0.1) is 0 Å². The van der Waals surface area contributed by atoms with Crippen LogP contribution in [0.2, 0.25) is 5.02 Å². The van der Waals surface area contributed by atoms with E-state index in [1.54, 1.807) is 7.11 Å². The van der Waals surface area contributed by atoms with Gasteiger partial charge in [0.15, 0.2) is 0 Å². The van der Waals surface area contributed by atoms with Crippen LogP contribution in [-0.4, -0.2) is 33.5 Å². The Morgan fingerprint density at radius 1 is 1.24 bits per heavy atom. The molecule has 3 nitrogen and oxygen atoms in total. The number of halogens is 1. The van der Waals surface area contributed by atoms with Crippen LogP contribution < -0.4 is 5.32 Å². The van der Waals surface area contributed by atoms with Crippen LogP contribution in [0, 0.1) is 6.92 Å². The number of hydrogen-bond donors (Lipinski definition) is 1. The molecule has 17 heavy (non-hydrogen) atoms. The van der Waals surface area contributed by atoms with Crippen LogP contribution in [0.3, 0.4) is 0 Å². The third kappa shape index (κ3) is 5.91. The van der Waals surface area contributed by atoms with Crippen LogP contribution in [0.15, 0.2) is 18.2 Å². The van der Waals surface area contributed by atoms with Gasteiger partial charge in [-0.25, -0.2) is 0 Å². The molecule has 96 valence electrons. The Kier molecular flexibility index (Phi) is 7.01. The van der Waals surface area contributed by atoms with Gasteiger partial charge in [0, 0.05) is 20.3 Å². The number of anilines is 1. The molecule has 1 aromatic carbocycles. The Morgan fingerprint density at radius 2 is 2.06 bits per heavy atom. The summed E-state index contributed by atoms with van der Waals surface area (Å²) in [5.74, 6) is 0. The van der Waals surface area contributed by atoms with E-state index in [9.17, 15) is 0 Å². The second-order valence-electron chi connectivity index (χ2n) is 3.87. The molecule has 0 saturated carbocycles. The molecule has 0 saturated heterocycles. The van der Waals surface area contributed by atoms with Crippen molar-refractivity contribution < 1.29 is 9.47 Å². The predicted octanol–water partition coefficient (Wildman–Crippen LogP) is 3.11. The number of hydrogen-bond acceptors (Lipinski definition) is 3. The van der Waals surface area contributed by atoms with Crippen molar-refractivity contribution in [3.63, 3.8) is 0 Å². The van der Waals surface area contributed by atoms with Gasteiger partial charge in [0.2, 0.25) is 0 Å². The first-order valence-electron chi connectivity index (χ1n) is 5.80. The lowest BCUT2D eigenvalue weighted by molar-refractivity contribution is 0.0705. The fourth-order valence-corrected chi connectivity index (χ4v) is 1.60. The number of benzene rings is 1. The minimum absolute atomic E-state index is 0.650. The third-order valence-corrected chi connectivity index (χ3v) is 2.66. The molecule has 0 aliphatic carbocycles. The standard InChI is InChI=1S/C13H20ClNO2/c1-11-4-5-12(14)13(10-11)15-6-3-7-17-9-8-16-2/h4-5,10,15H,3,6-9H2,1-2H3. The lowest BCUT2D eigenvalue weighted by Crippen LogP contribution is -2.08. The van der Waals surface area contributed by atoms with Crippen molar-refractivity contribution in [3.05, 3.63) is 28.8 Å². The zero-order valence-electron chi connectivity index (χ0n) is 10.5. The van der Waals surface area contributed by atoms with Crippen LogP contribution in [0.4, 0.5) is 5.69 Å². The minimum Gasteiger partial charge on any atom is -0.384 e. The second-order valence-corrected chi connectivity index (χ2v) is 4.28. The van der Waals surface area contributed by atoms with Gasteiger partial charge in [0.1, 0.15) is 0 Å². The van der Waals surface area contributed by atoms with Gasteiger partial charge in [-0.05, 0) is 31.0 Å². The van der Waals surface area contributed by atoms with Crippen LogP contribution in [-0.2, 0) is 9.47 Å². The van der Waals surface area contributed by atoms with Crippen LogP contribution in [0.5, 0.6) is 0 Å². The van der Waals surface area contributed by atoms with E-state index in [0.29, 0.717) is 13.2 Å². The number of rotatable bonds is 8. The van der Waals surface area contributed by atoms with E-state index in [1.165, 1.54) is 5.56 Å². The molecule has 0 radical (unpaired) electrons. The molecule has 1 N–H and O–H groups in total. The molecule has 0 aliphatic rings. The van der Waals surface area contributed by atoms with Crippen LogP contribution in [0.1, 0.15) is 12.0 Å². The summed E-state index contributed by atoms with van der Waals surface area (Å²) in [6.07, 6.45) is 0.952. The molecule has 0 fully saturated rings. The summed E-state index contributed by atoms with van der Waals surface area (Å²) in [4.78, 5) is 0. The Labute approximate surface area is 108 Å². The number of methoxy groups -OCH3 is 1. The maximum Gasteiger partial charge on any atom is 0.0700 e. The van der Waals surface area contributed by atoms with Crippen molar-refractivity contribution in [2.45, 2.75) is 13.3 Å². The number of nitrogens with one attached hydrogen (secondary N) is 1. The molecule has 1 aromatic rings. The van der Waals surface area contributed by atoms with E-state index in [4.69, 9.17) is 21.1 Å². The fraction of sp³-hybridized carbons (Fsp3) is 0.538. The summed E-state index contributed by atoms with van der Waals surface area (Å²) in [5, 5.41) is 4.06. The fourth-order valence-electron chi connectivity index (χ4n) is 1.42. The smallest absolute Gasteiger partial charge is 0.0700 e. The monoisotopic (exact) mass is 257 g/mol. The molecule has 0 spiro atoms. The van der Waals surface area contributed by atoms with Gasteiger partial charge in [-0.2, -0.15) is 0 Å². The first kappa shape index (κ1) is 14.3. The molecular weight excluding hydrogens is 238 g/mol. The van der Waals surface area contributed by atoms with E-state index >= 15 is 0 Å². The van der Waals surface area contributed by atoms with Crippen molar-refractivity contribution in [3.8, 4) is 0 Å². The third-order valence-electron chi connectivity index (χ3n) is 2.33. The number of aryl methyl sites for hydroxylation is 1. The van der Waals surface area contributed by atoms with Gasteiger partial charge in [0.05, 0.1) is 23.9 Å². The second kappa shape index (κ2) is 8.34. The molecule has 0 amide bonds. The van der Waals surface area contributed by atoms with Gasteiger partial charge >= 0.3 is 0 Å². The predicted molar refractivity (Wildman–Crippen MR) is 72.0 cm³/mol. The highest BCUT2D eigenvalue weighted by Gasteiger charge is 1.99. The molecule has 0 bridgehead atoms. The normalized spacial score (nSPS) is 10.5. The molecule has 0 unspecified atom stereocenters. The van der Waals surface area contributed by atoms with Crippen molar-refractivity contribution in [1.82, 2.24) is 0 Å². The van der Waals surface area contributed by atoms with E-state index in [1.807, 2.05) is 18.2 Å². The highest BCUT2D eigenvalue weighted by atomic mass is 35.5. The molecule has 0 aliphatic heterocycles. The van der Waals surface area contributed by atoms with E-state index in [0.717, 1.165) is 30.3 Å². The Morgan fingerprint density at radius 3 is 2.82 bits per heavy atom. The minimum atomic E-state index is 0.650. The summed E-state index contributed by atoms with van der Waals surface area (Å²) in [7, 11) is 1.67. The summed E-state index contributed by atoms with van der Waals surface area (Å²) in [6, 6.07) is 5.96. The van der Waals surface area contributed by atoms with Crippen LogP contribution >= 0.6 is 11.6 Å². The van der Waals surface area contributed by atoms with Crippen molar-refractivity contribution >= 4 is 17.3 Å². The van der Waals surface area contributed by atoms with E-state index in [2.05, 4.69) is 12.2 Å². The van der Waals surface area contributed by atoms with Gasteiger partial charge < -0.3 is 14.8 Å². The Hall–Kier alpha value is -0.770. The summed E-state index contributed by atoms with van der Waals surface area (Å²) in [5.41, 5.74) is 2.19. The zero-order chi connectivity index (χ0) is 12.5. The van der Waals surface area contributed by atoms with E-state index in [-0.39, 0.29) is 0 Å². The lowest BCUT2D eigenvalue weighted by atomic mass is 10.2. The SMILES string of the molecule is COCCOCCCNc1cc(C)ccc1Cl. The molecule has 1 rings (SSSR count). The van der Waals surface area contributed by atoms with E-state index < -0.39 is 0 Å². The maximum absolute atomic E-state index is 6.07. The van der Waals surface area contributed by atoms with Crippen molar-refractivity contribution in [2.75, 3.05) is 38.8 Å². The van der Waals surface area contributed by atoms with Crippen molar-refractivity contribution in [2.24, 2.45) is 0 Å². The maximum atomic E-state index is 6.07. The molecule has 4 heteroatoms. The first-order chi connectivity index (χ1) is 8.24. The summed E-state index contributed by atoms with van der Waals surface area (Å²) >= 11 is 6.07. The number of ether oxygens (including phenoxy) is 2. The first-order valence-corrected chi connectivity index (χ1v) is 6.18.